The summed E-state index contributed by atoms with van der Waals surface area (Å²) < 4.78 is 10.8. The Hall–Kier alpha value is -2.22. The van der Waals surface area contributed by atoms with Crippen LogP contribution in [0.5, 0.6) is 5.75 Å². The number of halogens is 1. The Bertz CT molecular complexity index is 675. The molecule has 0 radical (unpaired) electrons. The van der Waals surface area contributed by atoms with E-state index >= 15 is 0 Å². The maximum absolute atomic E-state index is 11.6. The van der Waals surface area contributed by atoms with Crippen molar-refractivity contribution in [1.82, 2.24) is 5.16 Å². The number of hydrogen-bond acceptors (Lipinski definition) is 6. The minimum atomic E-state index is -0.599. The highest BCUT2D eigenvalue weighted by atomic mass is 79.9. The number of aryl methyl sites for hydroxylation is 1. The van der Waals surface area contributed by atoms with Crippen LogP contribution >= 0.6 is 15.9 Å². The first-order chi connectivity index (χ1) is 9.88. The van der Waals surface area contributed by atoms with E-state index in [4.69, 9.17) is 9.26 Å². The van der Waals surface area contributed by atoms with Crippen LogP contribution in [0.15, 0.2) is 27.2 Å². The first-order valence-electron chi connectivity index (χ1n) is 5.92. The predicted molar refractivity (Wildman–Crippen MR) is 76.4 cm³/mol. The van der Waals surface area contributed by atoms with E-state index < -0.39 is 4.92 Å². The zero-order valence-electron chi connectivity index (χ0n) is 11.3. The zero-order valence-corrected chi connectivity index (χ0v) is 12.8. The minimum Gasteiger partial charge on any atom is -0.478 e. The molecule has 2 rings (SSSR count). The lowest BCUT2D eigenvalue weighted by Gasteiger charge is -2.09. The quantitative estimate of drug-likeness (QED) is 0.463. The van der Waals surface area contributed by atoms with Crippen LogP contribution in [0.25, 0.3) is 0 Å². The molecular formula is C13H11BrN2O5. The summed E-state index contributed by atoms with van der Waals surface area (Å²) in [5, 5.41) is 14.8. The number of nitro benzene ring substituents is 1. The van der Waals surface area contributed by atoms with Crippen LogP contribution in [0.2, 0.25) is 0 Å². The maximum atomic E-state index is 11.6. The van der Waals surface area contributed by atoms with Crippen LogP contribution in [-0.4, -0.2) is 15.9 Å². The number of ketones is 1. The number of hydrogen-bond donors (Lipinski definition) is 0. The van der Waals surface area contributed by atoms with Gasteiger partial charge in [0.25, 0.3) is 0 Å². The van der Waals surface area contributed by atoms with Crippen molar-refractivity contribution < 1.29 is 19.0 Å². The third-order valence-corrected chi connectivity index (χ3v) is 3.10. The van der Waals surface area contributed by atoms with Gasteiger partial charge in [0, 0.05) is 16.6 Å². The first kappa shape index (κ1) is 15.2. The summed E-state index contributed by atoms with van der Waals surface area (Å²) in [6.45, 7) is 3.01. The monoisotopic (exact) mass is 354 g/mol. The fourth-order valence-electron chi connectivity index (χ4n) is 1.76. The highest BCUT2D eigenvalue weighted by molar-refractivity contribution is 9.10. The molecule has 0 fully saturated rings. The molecule has 0 atom stereocenters. The topological polar surface area (TPSA) is 95.5 Å². The van der Waals surface area contributed by atoms with E-state index in [1.807, 2.05) is 0 Å². The van der Waals surface area contributed by atoms with Crippen LogP contribution in [0, 0.1) is 17.0 Å². The molecular weight excluding hydrogens is 344 g/mol. The summed E-state index contributed by atoms with van der Waals surface area (Å²) >= 11 is 3.14. The average Bonchev–Trinajstić information content (AvgIpc) is 2.81. The van der Waals surface area contributed by atoms with Gasteiger partial charge in [-0.2, -0.15) is 0 Å². The Labute approximate surface area is 128 Å². The molecule has 0 bridgehead atoms. The Kier molecular flexibility index (Phi) is 4.37. The third-order valence-electron chi connectivity index (χ3n) is 2.65. The van der Waals surface area contributed by atoms with Gasteiger partial charge in [0.05, 0.1) is 16.2 Å². The van der Waals surface area contributed by atoms with Crippen molar-refractivity contribution in [2.75, 3.05) is 0 Å². The fourth-order valence-corrected chi connectivity index (χ4v) is 2.20. The lowest BCUT2D eigenvalue weighted by atomic mass is 10.1. The second kappa shape index (κ2) is 6.04. The van der Waals surface area contributed by atoms with E-state index in [0.717, 1.165) is 0 Å². The molecule has 0 amide bonds. The van der Waals surface area contributed by atoms with Gasteiger partial charge in [-0.15, -0.1) is 0 Å². The lowest BCUT2D eigenvalue weighted by Crippen LogP contribution is -2.05. The van der Waals surface area contributed by atoms with Crippen LogP contribution in [-0.2, 0) is 6.61 Å². The molecule has 1 aromatic heterocycles. The first-order valence-corrected chi connectivity index (χ1v) is 6.71. The van der Waals surface area contributed by atoms with Gasteiger partial charge in [-0.25, -0.2) is 0 Å². The highest BCUT2D eigenvalue weighted by Gasteiger charge is 2.23. The number of Topliss-reactive ketones (excluding diaryl/α,β-unsaturated/α-hetero) is 1. The van der Waals surface area contributed by atoms with E-state index in [9.17, 15) is 14.9 Å². The zero-order chi connectivity index (χ0) is 15.6. The third kappa shape index (κ3) is 3.46. The van der Waals surface area contributed by atoms with Crippen molar-refractivity contribution >= 4 is 27.4 Å². The van der Waals surface area contributed by atoms with Gasteiger partial charge >= 0.3 is 5.69 Å². The maximum Gasteiger partial charge on any atom is 0.312 e. The summed E-state index contributed by atoms with van der Waals surface area (Å²) in [7, 11) is 0. The summed E-state index contributed by atoms with van der Waals surface area (Å²) in [6.07, 6.45) is 0. The Balaban J connectivity index is 2.39. The predicted octanol–water partition coefficient (Wildman–Crippen LogP) is 3.44. The van der Waals surface area contributed by atoms with Crippen molar-refractivity contribution in [2.24, 2.45) is 0 Å². The van der Waals surface area contributed by atoms with E-state index in [-0.39, 0.29) is 29.4 Å². The Morgan fingerprint density at radius 3 is 2.71 bits per heavy atom. The van der Waals surface area contributed by atoms with Crippen LogP contribution in [0.1, 0.15) is 28.7 Å². The minimum absolute atomic E-state index is 0.0520. The number of benzene rings is 1. The molecule has 8 heteroatoms. The molecule has 7 nitrogen and oxygen atoms in total. The summed E-state index contributed by atoms with van der Waals surface area (Å²) in [5.41, 5.74) is 0.517. The SMILES string of the molecule is CC(=O)c1cc(Br)cc([N+](=O)[O-])c1OCc1cc(C)no1. The molecule has 0 aliphatic heterocycles. The van der Waals surface area contributed by atoms with Crippen LogP contribution < -0.4 is 4.74 Å². The van der Waals surface area contributed by atoms with E-state index in [1.165, 1.54) is 19.1 Å². The molecule has 21 heavy (non-hydrogen) atoms. The van der Waals surface area contributed by atoms with Crippen molar-refractivity contribution in [3.8, 4) is 5.75 Å². The number of carbonyl (C=O) groups excluding carboxylic acids is 1. The number of rotatable bonds is 5. The van der Waals surface area contributed by atoms with Gasteiger partial charge in [0.15, 0.2) is 11.5 Å². The number of carbonyl (C=O) groups is 1. The Morgan fingerprint density at radius 2 is 2.19 bits per heavy atom. The molecule has 1 heterocycles. The van der Waals surface area contributed by atoms with Gasteiger partial charge < -0.3 is 9.26 Å². The molecule has 0 spiro atoms. The van der Waals surface area contributed by atoms with Crippen molar-refractivity contribution in [2.45, 2.75) is 20.5 Å². The van der Waals surface area contributed by atoms with Crippen LogP contribution in [0.4, 0.5) is 5.69 Å². The number of nitrogens with zero attached hydrogens (tertiary/aromatic N) is 2. The van der Waals surface area contributed by atoms with Crippen molar-refractivity contribution in [1.29, 1.82) is 0 Å². The summed E-state index contributed by atoms with van der Waals surface area (Å²) in [5.74, 6) is 0.00659. The number of ether oxygens (including phenoxy) is 1. The summed E-state index contributed by atoms with van der Waals surface area (Å²) in [6, 6.07) is 4.42. The van der Waals surface area contributed by atoms with Gasteiger partial charge in [0.1, 0.15) is 6.61 Å². The van der Waals surface area contributed by atoms with Gasteiger partial charge in [-0.3, -0.25) is 14.9 Å². The van der Waals surface area contributed by atoms with Gasteiger partial charge in [0.2, 0.25) is 5.75 Å². The number of aromatic nitrogens is 1. The van der Waals surface area contributed by atoms with Crippen molar-refractivity contribution in [3.63, 3.8) is 0 Å². The largest absolute Gasteiger partial charge is 0.478 e. The standard InChI is InChI=1S/C13H11BrN2O5/c1-7-3-10(21-15-7)6-20-13-11(8(2)17)4-9(14)5-12(13)16(18)19/h3-5H,6H2,1-2H3. The normalized spacial score (nSPS) is 10.4. The van der Waals surface area contributed by atoms with Crippen LogP contribution in [0.3, 0.4) is 0 Å². The molecule has 0 saturated carbocycles. The number of nitro groups is 1. The second-order valence-electron chi connectivity index (χ2n) is 4.34. The Morgan fingerprint density at radius 1 is 1.48 bits per heavy atom. The lowest BCUT2D eigenvalue weighted by molar-refractivity contribution is -0.386. The average molecular weight is 355 g/mol. The van der Waals surface area contributed by atoms with E-state index in [1.54, 1.807) is 13.0 Å². The fraction of sp³-hybridized carbons (Fsp3) is 0.231. The van der Waals surface area contributed by atoms with Gasteiger partial charge in [-0.1, -0.05) is 21.1 Å². The van der Waals surface area contributed by atoms with E-state index in [0.29, 0.717) is 15.9 Å². The summed E-state index contributed by atoms with van der Waals surface area (Å²) in [4.78, 5) is 22.2. The van der Waals surface area contributed by atoms with Crippen molar-refractivity contribution in [3.05, 3.63) is 49.8 Å². The molecule has 2 aromatic rings. The molecule has 0 unspecified atom stereocenters. The van der Waals surface area contributed by atoms with Gasteiger partial charge in [-0.05, 0) is 19.9 Å². The molecule has 0 aliphatic rings. The molecule has 1 aromatic carbocycles. The highest BCUT2D eigenvalue weighted by Crippen LogP contribution is 2.35. The second-order valence-corrected chi connectivity index (χ2v) is 5.25. The van der Waals surface area contributed by atoms with E-state index in [2.05, 4.69) is 21.1 Å². The molecule has 0 aliphatic carbocycles. The molecule has 0 saturated heterocycles. The molecule has 0 N–H and O–H groups in total. The molecule has 110 valence electrons. The smallest absolute Gasteiger partial charge is 0.312 e.